The molecule has 0 heterocycles. The van der Waals surface area contributed by atoms with E-state index in [0.29, 0.717) is 18.0 Å². The van der Waals surface area contributed by atoms with Crippen LogP contribution in [-0.2, 0) is 0 Å². The molecule has 2 aliphatic carbocycles. The molecule has 1 aromatic rings. The van der Waals surface area contributed by atoms with Crippen LogP contribution >= 0.6 is 35.6 Å². The van der Waals surface area contributed by atoms with Crippen LogP contribution < -0.4 is 10.6 Å². The van der Waals surface area contributed by atoms with E-state index in [2.05, 4.69) is 39.9 Å². The molecule has 2 atom stereocenters. The summed E-state index contributed by atoms with van der Waals surface area (Å²) in [5.41, 5.74) is 1.31. The second-order valence-electron chi connectivity index (χ2n) is 5.50. The van der Waals surface area contributed by atoms with Crippen LogP contribution in [0.5, 0.6) is 0 Å². The minimum Gasteiger partial charge on any atom is -0.353 e. The van der Waals surface area contributed by atoms with Crippen LogP contribution in [0.3, 0.4) is 0 Å². The molecule has 3 nitrogen and oxygen atoms in total. The van der Waals surface area contributed by atoms with Crippen LogP contribution in [-0.4, -0.2) is 25.1 Å². The van der Waals surface area contributed by atoms with E-state index in [1.54, 1.807) is 0 Å². The molecule has 21 heavy (non-hydrogen) atoms. The summed E-state index contributed by atoms with van der Waals surface area (Å²) < 4.78 is 0. The van der Waals surface area contributed by atoms with Crippen molar-refractivity contribution in [1.82, 2.24) is 10.6 Å². The van der Waals surface area contributed by atoms with Gasteiger partial charge in [-0.25, -0.2) is 0 Å². The monoisotopic (exact) mass is 417 g/mol. The van der Waals surface area contributed by atoms with Crippen LogP contribution in [0.25, 0.3) is 0 Å². The van der Waals surface area contributed by atoms with Gasteiger partial charge in [0.05, 0.1) is 0 Å². The molecule has 0 radical (unpaired) electrons. The molecule has 114 valence electrons. The third-order valence-corrected chi connectivity index (χ3v) is 4.20. The summed E-state index contributed by atoms with van der Waals surface area (Å²) in [6, 6.07) is 9.10. The average molecular weight is 418 g/mol. The van der Waals surface area contributed by atoms with E-state index >= 15 is 0 Å². The summed E-state index contributed by atoms with van der Waals surface area (Å²) in [5, 5.41) is 7.79. The number of hydrogen-bond acceptors (Lipinski definition) is 1. The maximum absolute atomic E-state index is 6.05. The fourth-order valence-electron chi connectivity index (χ4n) is 2.73. The molecule has 2 N–H and O–H groups in total. The third kappa shape index (κ3) is 4.36. The lowest BCUT2D eigenvalue weighted by Crippen LogP contribution is -2.43. The quantitative estimate of drug-likeness (QED) is 0.340. The van der Waals surface area contributed by atoms with Gasteiger partial charge in [0.2, 0.25) is 0 Å². The SMILES string of the molecule is CN=C(NC1CC=CC1)NC1CC1c1cccc(Cl)c1.I. The Labute approximate surface area is 148 Å². The Bertz CT molecular complexity index is 536. The highest BCUT2D eigenvalue weighted by molar-refractivity contribution is 14.0. The van der Waals surface area contributed by atoms with Crippen molar-refractivity contribution in [3.05, 3.63) is 47.0 Å². The summed E-state index contributed by atoms with van der Waals surface area (Å²) >= 11 is 6.05. The molecule has 1 fully saturated rings. The molecule has 0 amide bonds. The Morgan fingerprint density at radius 2 is 2.00 bits per heavy atom. The van der Waals surface area contributed by atoms with Crippen molar-refractivity contribution >= 4 is 41.5 Å². The normalized spacial score (nSPS) is 24.6. The van der Waals surface area contributed by atoms with Crippen LogP contribution in [0.4, 0.5) is 0 Å². The fourth-order valence-corrected chi connectivity index (χ4v) is 2.93. The van der Waals surface area contributed by atoms with Crippen LogP contribution in [0.2, 0.25) is 5.02 Å². The molecule has 0 spiro atoms. The Balaban J connectivity index is 0.00000161. The van der Waals surface area contributed by atoms with Crippen molar-refractivity contribution in [2.75, 3.05) is 7.05 Å². The summed E-state index contributed by atoms with van der Waals surface area (Å²) in [4.78, 5) is 4.32. The highest BCUT2D eigenvalue weighted by Gasteiger charge is 2.39. The molecule has 0 saturated heterocycles. The second-order valence-corrected chi connectivity index (χ2v) is 5.94. The number of hydrogen-bond donors (Lipinski definition) is 2. The second kappa shape index (κ2) is 7.49. The summed E-state index contributed by atoms with van der Waals surface area (Å²) in [7, 11) is 1.83. The van der Waals surface area contributed by atoms with E-state index in [1.807, 2.05) is 19.2 Å². The lowest BCUT2D eigenvalue weighted by Gasteiger charge is -2.17. The van der Waals surface area contributed by atoms with E-state index in [9.17, 15) is 0 Å². The van der Waals surface area contributed by atoms with Gasteiger partial charge in [-0.2, -0.15) is 0 Å². The Morgan fingerprint density at radius 3 is 2.67 bits per heavy atom. The van der Waals surface area contributed by atoms with E-state index < -0.39 is 0 Å². The lowest BCUT2D eigenvalue weighted by atomic mass is 10.1. The molecule has 2 aliphatic rings. The molecule has 0 aliphatic heterocycles. The van der Waals surface area contributed by atoms with Crippen LogP contribution in [0.1, 0.15) is 30.7 Å². The first-order valence-corrected chi connectivity index (χ1v) is 7.54. The largest absolute Gasteiger partial charge is 0.353 e. The molecular formula is C16H21ClIN3. The zero-order chi connectivity index (χ0) is 13.9. The van der Waals surface area contributed by atoms with Crippen molar-refractivity contribution in [1.29, 1.82) is 0 Å². The lowest BCUT2D eigenvalue weighted by molar-refractivity contribution is 0.631. The zero-order valence-corrected chi connectivity index (χ0v) is 15.1. The van der Waals surface area contributed by atoms with Gasteiger partial charge in [0, 0.05) is 30.1 Å². The molecule has 1 aromatic carbocycles. The fraction of sp³-hybridized carbons (Fsp3) is 0.438. The topological polar surface area (TPSA) is 36.4 Å². The molecule has 2 unspecified atom stereocenters. The highest BCUT2D eigenvalue weighted by Crippen LogP contribution is 2.41. The van der Waals surface area contributed by atoms with E-state index in [4.69, 9.17) is 11.6 Å². The highest BCUT2D eigenvalue weighted by atomic mass is 127. The molecule has 0 bridgehead atoms. The first-order chi connectivity index (χ1) is 9.76. The van der Waals surface area contributed by atoms with Gasteiger partial charge in [-0.3, -0.25) is 4.99 Å². The van der Waals surface area contributed by atoms with Gasteiger partial charge < -0.3 is 10.6 Å². The van der Waals surface area contributed by atoms with Crippen LogP contribution in [0, 0.1) is 0 Å². The Hall–Kier alpha value is -0.750. The first-order valence-electron chi connectivity index (χ1n) is 7.16. The predicted octanol–water partition coefficient (Wildman–Crippen LogP) is 3.70. The van der Waals surface area contributed by atoms with Gasteiger partial charge >= 0.3 is 0 Å². The zero-order valence-electron chi connectivity index (χ0n) is 12.1. The van der Waals surface area contributed by atoms with E-state index in [1.165, 1.54) is 5.56 Å². The first kappa shape index (κ1) is 16.6. The van der Waals surface area contributed by atoms with E-state index in [-0.39, 0.29) is 24.0 Å². The Kier molecular flexibility index (Phi) is 5.93. The number of benzene rings is 1. The smallest absolute Gasteiger partial charge is 0.191 e. The number of guanidine groups is 1. The van der Waals surface area contributed by atoms with Gasteiger partial charge in [0.15, 0.2) is 5.96 Å². The van der Waals surface area contributed by atoms with Gasteiger partial charge in [0.1, 0.15) is 0 Å². The average Bonchev–Trinajstić information content (AvgIpc) is 3.02. The maximum Gasteiger partial charge on any atom is 0.191 e. The minimum atomic E-state index is 0. The minimum absolute atomic E-state index is 0. The van der Waals surface area contributed by atoms with Gasteiger partial charge in [-0.15, -0.1) is 24.0 Å². The summed E-state index contributed by atoms with van der Waals surface area (Å²) in [6.07, 6.45) is 7.75. The number of nitrogens with zero attached hydrogens (tertiary/aromatic N) is 1. The number of nitrogens with one attached hydrogen (secondary N) is 2. The molecule has 5 heteroatoms. The van der Waals surface area contributed by atoms with Crippen molar-refractivity contribution in [3.8, 4) is 0 Å². The van der Waals surface area contributed by atoms with Crippen molar-refractivity contribution in [2.24, 2.45) is 4.99 Å². The molecule has 3 rings (SSSR count). The summed E-state index contributed by atoms with van der Waals surface area (Å²) in [5.74, 6) is 1.46. The maximum atomic E-state index is 6.05. The standard InChI is InChI=1S/C16H20ClN3.HI/c1-18-16(19-13-7-2-3-8-13)20-15-10-14(15)11-5-4-6-12(17)9-11;/h2-6,9,13-15H,7-8,10H2,1H3,(H2,18,19,20);1H. The Morgan fingerprint density at radius 1 is 1.24 bits per heavy atom. The van der Waals surface area contributed by atoms with Crippen molar-refractivity contribution in [2.45, 2.75) is 37.3 Å². The van der Waals surface area contributed by atoms with Crippen LogP contribution in [0.15, 0.2) is 41.4 Å². The van der Waals surface area contributed by atoms with Gasteiger partial charge in [0.25, 0.3) is 0 Å². The number of halogens is 2. The van der Waals surface area contributed by atoms with Crippen molar-refractivity contribution in [3.63, 3.8) is 0 Å². The third-order valence-electron chi connectivity index (χ3n) is 3.96. The van der Waals surface area contributed by atoms with Gasteiger partial charge in [-0.05, 0) is 37.0 Å². The number of aliphatic imine (C=N–C) groups is 1. The molecule has 1 saturated carbocycles. The summed E-state index contributed by atoms with van der Waals surface area (Å²) in [6.45, 7) is 0. The van der Waals surface area contributed by atoms with E-state index in [0.717, 1.165) is 30.2 Å². The van der Waals surface area contributed by atoms with Crippen molar-refractivity contribution < 1.29 is 0 Å². The molecule has 0 aromatic heterocycles. The van der Waals surface area contributed by atoms with Gasteiger partial charge in [-0.1, -0.05) is 35.9 Å². The number of rotatable bonds is 3. The predicted molar refractivity (Wildman–Crippen MR) is 99.8 cm³/mol. The molecular weight excluding hydrogens is 397 g/mol.